The second-order valence-electron chi connectivity index (χ2n) is 7.75. The van der Waals surface area contributed by atoms with Crippen LogP contribution in [0.4, 0.5) is 16.2 Å². The number of benzene rings is 2. The Morgan fingerprint density at radius 2 is 1.61 bits per heavy atom. The highest BCUT2D eigenvalue weighted by atomic mass is 16.5. The number of nitrogens with one attached hydrogen (secondary N) is 1. The highest BCUT2D eigenvalue weighted by Gasteiger charge is 2.44. The summed E-state index contributed by atoms with van der Waals surface area (Å²) in [5, 5.41) is 2.72. The molecule has 0 aliphatic carbocycles. The lowest BCUT2D eigenvalue weighted by atomic mass is 9.96. The topological polar surface area (TPSA) is 75.7 Å². The third kappa shape index (κ3) is 5.79. The van der Waals surface area contributed by atoms with Gasteiger partial charge in [0.25, 0.3) is 0 Å². The van der Waals surface area contributed by atoms with Crippen molar-refractivity contribution in [2.24, 2.45) is 0 Å². The summed E-state index contributed by atoms with van der Waals surface area (Å²) in [4.78, 5) is 39.7. The van der Waals surface area contributed by atoms with Gasteiger partial charge in [-0.1, -0.05) is 75.4 Å². The molecule has 1 aliphatic heterocycles. The Labute approximate surface area is 183 Å². The summed E-state index contributed by atoms with van der Waals surface area (Å²) in [7, 11) is 0. The predicted molar refractivity (Wildman–Crippen MR) is 121 cm³/mol. The van der Waals surface area contributed by atoms with E-state index in [4.69, 9.17) is 4.74 Å². The molecule has 6 heteroatoms. The summed E-state index contributed by atoms with van der Waals surface area (Å²) in [6.45, 7) is 2.55. The molecule has 31 heavy (non-hydrogen) atoms. The largest absolute Gasteiger partial charge is 0.374 e. The molecule has 0 aromatic heterocycles. The standard InChI is InChI=1S/C25H30N2O4/c1-2-3-4-5-6-12-17-31-18-22(28)23-20-15-10-11-16-21(20)27(24(23)29)25(30)26-19-13-8-7-9-14-19/h7-11,13-16,23H,2-6,12,17-18H2,1H3,(H,26,30). The minimum absolute atomic E-state index is 0.131. The van der Waals surface area contributed by atoms with Crippen molar-refractivity contribution in [3.63, 3.8) is 0 Å². The Morgan fingerprint density at radius 1 is 0.935 bits per heavy atom. The molecule has 0 saturated carbocycles. The van der Waals surface area contributed by atoms with Gasteiger partial charge in [0, 0.05) is 12.3 Å². The summed E-state index contributed by atoms with van der Waals surface area (Å²) in [5.41, 5.74) is 1.56. The van der Waals surface area contributed by atoms with Crippen LogP contribution in [0.25, 0.3) is 0 Å². The number of anilines is 2. The van der Waals surface area contributed by atoms with Crippen LogP contribution in [-0.4, -0.2) is 30.9 Å². The van der Waals surface area contributed by atoms with Gasteiger partial charge in [0.1, 0.15) is 12.5 Å². The van der Waals surface area contributed by atoms with Crippen molar-refractivity contribution in [2.45, 2.75) is 51.4 Å². The number of unbranched alkanes of at least 4 members (excludes halogenated alkanes) is 5. The molecular weight excluding hydrogens is 392 g/mol. The van der Waals surface area contributed by atoms with Gasteiger partial charge in [-0.05, 0) is 30.2 Å². The van der Waals surface area contributed by atoms with E-state index >= 15 is 0 Å². The highest BCUT2D eigenvalue weighted by molar-refractivity contribution is 6.29. The summed E-state index contributed by atoms with van der Waals surface area (Å²) in [6, 6.07) is 15.2. The monoisotopic (exact) mass is 422 g/mol. The molecule has 3 rings (SSSR count). The maximum absolute atomic E-state index is 13.1. The van der Waals surface area contributed by atoms with Crippen LogP contribution in [0, 0.1) is 0 Å². The second-order valence-corrected chi connectivity index (χ2v) is 7.75. The number of Topliss-reactive ketones (excluding diaryl/α,β-unsaturated/α-hetero) is 1. The number of hydrogen-bond donors (Lipinski definition) is 1. The number of ether oxygens (including phenoxy) is 1. The fourth-order valence-corrected chi connectivity index (χ4v) is 3.78. The van der Waals surface area contributed by atoms with Gasteiger partial charge >= 0.3 is 6.03 Å². The number of nitrogens with zero attached hydrogens (tertiary/aromatic N) is 1. The number of carbonyl (C=O) groups excluding carboxylic acids is 3. The number of urea groups is 1. The predicted octanol–water partition coefficient (Wildman–Crippen LogP) is 5.30. The van der Waals surface area contributed by atoms with Crippen molar-refractivity contribution in [1.82, 2.24) is 0 Å². The first-order valence-electron chi connectivity index (χ1n) is 11.0. The molecule has 0 bridgehead atoms. The Bertz CT molecular complexity index is 897. The molecule has 164 valence electrons. The van der Waals surface area contributed by atoms with Gasteiger partial charge in [0.2, 0.25) is 5.91 Å². The van der Waals surface area contributed by atoms with Crippen molar-refractivity contribution in [1.29, 1.82) is 0 Å². The molecule has 1 heterocycles. The van der Waals surface area contributed by atoms with Crippen molar-refractivity contribution in [3.8, 4) is 0 Å². The minimum Gasteiger partial charge on any atom is -0.374 e. The first kappa shape index (κ1) is 22.7. The average molecular weight is 423 g/mol. The van der Waals surface area contributed by atoms with E-state index in [2.05, 4.69) is 12.2 Å². The maximum atomic E-state index is 13.1. The number of rotatable bonds is 11. The van der Waals surface area contributed by atoms with E-state index in [0.29, 0.717) is 23.5 Å². The lowest BCUT2D eigenvalue weighted by molar-refractivity contribution is -0.130. The number of amides is 3. The summed E-state index contributed by atoms with van der Waals surface area (Å²) >= 11 is 0. The molecule has 2 aromatic rings. The third-order valence-corrected chi connectivity index (χ3v) is 5.39. The molecule has 0 fully saturated rings. The summed E-state index contributed by atoms with van der Waals surface area (Å²) in [6.07, 6.45) is 6.83. The molecule has 1 atom stereocenters. The van der Waals surface area contributed by atoms with Gasteiger partial charge in [-0.3, -0.25) is 9.59 Å². The van der Waals surface area contributed by atoms with Crippen LogP contribution in [-0.2, 0) is 14.3 Å². The SMILES string of the molecule is CCCCCCCCOCC(=O)C1C(=O)N(C(=O)Nc2ccccc2)c2ccccc21. The Balaban J connectivity index is 1.59. The zero-order valence-electron chi connectivity index (χ0n) is 18.0. The molecule has 0 radical (unpaired) electrons. The summed E-state index contributed by atoms with van der Waals surface area (Å²) in [5.74, 6) is -1.87. The van der Waals surface area contributed by atoms with E-state index in [1.54, 1.807) is 48.5 Å². The molecule has 3 amide bonds. The fourth-order valence-electron chi connectivity index (χ4n) is 3.78. The van der Waals surface area contributed by atoms with E-state index < -0.39 is 17.9 Å². The quantitative estimate of drug-likeness (QED) is 0.394. The van der Waals surface area contributed by atoms with Crippen LogP contribution < -0.4 is 10.2 Å². The minimum atomic E-state index is -1.01. The smallest absolute Gasteiger partial charge is 0.333 e. The molecule has 1 unspecified atom stereocenters. The first-order chi connectivity index (χ1) is 15.1. The van der Waals surface area contributed by atoms with Gasteiger partial charge in [0.15, 0.2) is 5.78 Å². The molecule has 0 spiro atoms. The first-order valence-corrected chi connectivity index (χ1v) is 11.0. The molecule has 1 aliphatic rings. The van der Waals surface area contributed by atoms with Gasteiger partial charge in [-0.2, -0.15) is 0 Å². The van der Waals surface area contributed by atoms with E-state index in [1.165, 1.54) is 25.7 Å². The lowest BCUT2D eigenvalue weighted by Crippen LogP contribution is -2.40. The van der Waals surface area contributed by atoms with Crippen LogP contribution in [0.3, 0.4) is 0 Å². The average Bonchev–Trinajstić information content (AvgIpc) is 3.08. The lowest BCUT2D eigenvalue weighted by Gasteiger charge is -2.17. The molecular formula is C25H30N2O4. The normalized spacial score (nSPS) is 15.1. The zero-order valence-corrected chi connectivity index (χ0v) is 18.0. The van der Waals surface area contributed by atoms with Crippen molar-refractivity contribution in [3.05, 3.63) is 60.2 Å². The van der Waals surface area contributed by atoms with Crippen molar-refractivity contribution in [2.75, 3.05) is 23.4 Å². The van der Waals surface area contributed by atoms with Crippen LogP contribution in [0.1, 0.15) is 56.9 Å². The van der Waals surface area contributed by atoms with E-state index in [0.717, 1.165) is 17.7 Å². The van der Waals surface area contributed by atoms with E-state index in [-0.39, 0.29) is 12.4 Å². The second kappa shape index (κ2) is 11.4. The highest BCUT2D eigenvalue weighted by Crippen LogP contribution is 2.38. The van der Waals surface area contributed by atoms with Crippen LogP contribution in [0.15, 0.2) is 54.6 Å². The van der Waals surface area contributed by atoms with E-state index in [9.17, 15) is 14.4 Å². The van der Waals surface area contributed by atoms with Crippen molar-refractivity contribution < 1.29 is 19.1 Å². The van der Waals surface area contributed by atoms with Gasteiger partial charge in [-0.25, -0.2) is 9.69 Å². The van der Waals surface area contributed by atoms with Gasteiger partial charge in [0.05, 0.1) is 5.69 Å². The zero-order chi connectivity index (χ0) is 22.1. The number of carbonyl (C=O) groups is 3. The van der Waals surface area contributed by atoms with Crippen LogP contribution in [0.2, 0.25) is 0 Å². The van der Waals surface area contributed by atoms with Crippen LogP contribution in [0.5, 0.6) is 0 Å². The van der Waals surface area contributed by atoms with E-state index in [1.807, 2.05) is 6.07 Å². The fraction of sp³-hybridized carbons (Fsp3) is 0.400. The number of hydrogen-bond acceptors (Lipinski definition) is 4. The Morgan fingerprint density at radius 3 is 2.39 bits per heavy atom. The number of imide groups is 1. The maximum Gasteiger partial charge on any atom is 0.333 e. The summed E-state index contributed by atoms with van der Waals surface area (Å²) < 4.78 is 5.55. The van der Waals surface area contributed by atoms with Crippen molar-refractivity contribution >= 4 is 29.1 Å². The van der Waals surface area contributed by atoms with Crippen LogP contribution >= 0.6 is 0 Å². The third-order valence-electron chi connectivity index (χ3n) is 5.39. The van der Waals surface area contributed by atoms with Gasteiger partial charge in [-0.15, -0.1) is 0 Å². The Kier molecular flexibility index (Phi) is 8.35. The van der Waals surface area contributed by atoms with Gasteiger partial charge < -0.3 is 10.1 Å². The number of fused-ring (bicyclic) bond motifs is 1. The number of para-hydroxylation sites is 2. The molecule has 1 N–H and O–H groups in total. The molecule has 2 aromatic carbocycles. The molecule has 6 nitrogen and oxygen atoms in total. The molecule has 0 saturated heterocycles. The Hall–Kier alpha value is -2.99. The number of ketones is 1.